The van der Waals surface area contributed by atoms with Crippen molar-refractivity contribution in [2.75, 3.05) is 46.3 Å². The van der Waals surface area contributed by atoms with Crippen LogP contribution in [0.1, 0.15) is 19.8 Å². The lowest BCUT2D eigenvalue weighted by molar-refractivity contribution is -0.116. The molecule has 0 bridgehead atoms. The van der Waals surface area contributed by atoms with E-state index in [2.05, 4.69) is 22.2 Å². The average Bonchev–Trinajstić information content (AvgIpc) is 2.41. The van der Waals surface area contributed by atoms with Crippen molar-refractivity contribution in [2.24, 2.45) is 0 Å². The minimum Gasteiger partial charge on any atom is -0.353 e. The number of nitrogens with one attached hydrogen (secondary N) is 1. The number of carbonyl (C=O) groups is 1. The Morgan fingerprint density at radius 1 is 1.16 bits per heavy atom. The molecule has 1 amide bonds. The summed E-state index contributed by atoms with van der Waals surface area (Å²) in [5, 5.41) is 2.90. The standard InChI is InChI=1S/C15H27N3O/c1-3-4-5-8-15(19)16-9-6-7-10-18-13-11-17(2)12-14-18/h3-5,8H,6-7,9-14H2,1-2H3,(H,16,19)/b4-3+,8-5+. The van der Waals surface area contributed by atoms with E-state index in [-0.39, 0.29) is 5.91 Å². The number of amides is 1. The van der Waals surface area contributed by atoms with E-state index in [4.69, 9.17) is 0 Å². The molecule has 0 aliphatic carbocycles. The van der Waals surface area contributed by atoms with Gasteiger partial charge in [0.2, 0.25) is 5.91 Å². The summed E-state index contributed by atoms with van der Waals surface area (Å²) in [7, 11) is 2.17. The Morgan fingerprint density at radius 2 is 1.89 bits per heavy atom. The van der Waals surface area contributed by atoms with Crippen LogP contribution in [0.5, 0.6) is 0 Å². The number of hydrogen-bond donors (Lipinski definition) is 1. The van der Waals surface area contributed by atoms with Gasteiger partial charge < -0.3 is 15.1 Å². The molecule has 0 unspecified atom stereocenters. The highest BCUT2D eigenvalue weighted by Gasteiger charge is 2.12. The second-order valence-corrected chi connectivity index (χ2v) is 5.03. The van der Waals surface area contributed by atoms with Crippen LogP contribution < -0.4 is 5.32 Å². The van der Waals surface area contributed by atoms with Gasteiger partial charge >= 0.3 is 0 Å². The summed E-state index contributed by atoms with van der Waals surface area (Å²) in [4.78, 5) is 16.2. The van der Waals surface area contributed by atoms with E-state index >= 15 is 0 Å². The average molecular weight is 265 g/mol. The first-order valence-electron chi connectivity index (χ1n) is 7.20. The van der Waals surface area contributed by atoms with Crippen LogP contribution in [0, 0.1) is 0 Å². The largest absolute Gasteiger partial charge is 0.353 e. The number of allylic oxidation sites excluding steroid dienone is 3. The lowest BCUT2D eigenvalue weighted by Gasteiger charge is -2.32. The highest BCUT2D eigenvalue weighted by Crippen LogP contribution is 2.01. The molecule has 0 aromatic heterocycles. The van der Waals surface area contributed by atoms with Crippen LogP contribution in [0.25, 0.3) is 0 Å². The van der Waals surface area contributed by atoms with E-state index in [9.17, 15) is 4.79 Å². The fraction of sp³-hybridized carbons (Fsp3) is 0.667. The third-order valence-corrected chi connectivity index (χ3v) is 3.35. The van der Waals surface area contributed by atoms with Gasteiger partial charge in [-0.2, -0.15) is 0 Å². The summed E-state index contributed by atoms with van der Waals surface area (Å²) in [6.07, 6.45) is 9.30. The van der Waals surface area contributed by atoms with Gasteiger partial charge in [0.25, 0.3) is 0 Å². The first kappa shape index (κ1) is 15.9. The molecule has 0 spiro atoms. The number of nitrogens with zero attached hydrogens (tertiary/aromatic N) is 2. The molecule has 1 aliphatic rings. The molecule has 0 aromatic carbocycles. The number of carbonyl (C=O) groups excluding carboxylic acids is 1. The van der Waals surface area contributed by atoms with E-state index in [0.29, 0.717) is 0 Å². The Kier molecular flexibility index (Phi) is 8.18. The number of piperazine rings is 1. The smallest absolute Gasteiger partial charge is 0.243 e. The van der Waals surface area contributed by atoms with Crippen molar-refractivity contribution >= 4 is 5.91 Å². The van der Waals surface area contributed by atoms with Gasteiger partial charge in [0.1, 0.15) is 0 Å². The van der Waals surface area contributed by atoms with Crippen molar-refractivity contribution in [1.29, 1.82) is 0 Å². The molecule has 0 saturated carbocycles. The van der Waals surface area contributed by atoms with Crippen molar-refractivity contribution in [3.63, 3.8) is 0 Å². The summed E-state index contributed by atoms with van der Waals surface area (Å²) in [5.74, 6) is -0.00213. The molecule has 1 rings (SSSR count). The van der Waals surface area contributed by atoms with Crippen LogP contribution in [0.15, 0.2) is 24.3 Å². The van der Waals surface area contributed by atoms with Crippen LogP contribution in [0.4, 0.5) is 0 Å². The molecule has 1 aliphatic heterocycles. The number of unbranched alkanes of at least 4 members (excludes halogenated alkanes) is 1. The van der Waals surface area contributed by atoms with E-state index in [1.807, 2.05) is 19.1 Å². The predicted octanol–water partition coefficient (Wildman–Crippen LogP) is 1.26. The molecule has 4 nitrogen and oxygen atoms in total. The lowest BCUT2D eigenvalue weighted by Crippen LogP contribution is -2.44. The highest BCUT2D eigenvalue weighted by molar-refractivity contribution is 5.87. The molecule has 0 atom stereocenters. The SMILES string of the molecule is C/C=C/C=C/C(=O)NCCCCN1CCN(C)CC1. The third kappa shape index (κ3) is 7.80. The van der Waals surface area contributed by atoms with Gasteiger partial charge in [-0.1, -0.05) is 18.2 Å². The van der Waals surface area contributed by atoms with Crippen LogP contribution in [0.2, 0.25) is 0 Å². The Balaban J connectivity index is 1.97. The highest BCUT2D eigenvalue weighted by atomic mass is 16.1. The zero-order valence-electron chi connectivity index (χ0n) is 12.3. The van der Waals surface area contributed by atoms with Gasteiger partial charge in [-0.15, -0.1) is 0 Å². The maximum atomic E-state index is 11.4. The van der Waals surface area contributed by atoms with Crippen LogP contribution in [-0.2, 0) is 4.79 Å². The molecule has 1 fully saturated rings. The zero-order chi connectivity index (χ0) is 13.9. The van der Waals surface area contributed by atoms with E-state index in [1.54, 1.807) is 12.2 Å². The summed E-state index contributed by atoms with van der Waals surface area (Å²) < 4.78 is 0. The van der Waals surface area contributed by atoms with Crippen molar-refractivity contribution in [1.82, 2.24) is 15.1 Å². The fourth-order valence-corrected chi connectivity index (χ4v) is 2.06. The van der Waals surface area contributed by atoms with Gasteiger partial charge in [-0.3, -0.25) is 4.79 Å². The maximum absolute atomic E-state index is 11.4. The lowest BCUT2D eigenvalue weighted by atomic mass is 10.2. The van der Waals surface area contributed by atoms with E-state index < -0.39 is 0 Å². The van der Waals surface area contributed by atoms with Crippen molar-refractivity contribution in [3.8, 4) is 0 Å². The molecule has 0 aromatic rings. The van der Waals surface area contributed by atoms with Crippen molar-refractivity contribution in [3.05, 3.63) is 24.3 Å². The van der Waals surface area contributed by atoms with Crippen molar-refractivity contribution in [2.45, 2.75) is 19.8 Å². The quantitative estimate of drug-likeness (QED) is 0.428. The third-order valence-electron chi connectivity index (χ3n) is 3.35. The topological polar surface area (TPSA) is 35.6 Å². The van der Waals surface area contributed by atoms with E-state index in [0.717, 1.165) is 25.9 Å². The Bertz CT molecular complexity index is 305. The minimum atomic E-state index is -0.00213. The second kappa shape index (κ2) is 9.75. The molecule has 19 heavy (non-hydrogen) atoms. The van der Waals surface area contributed by atoms with Crippen LogP contribution in [0.3, 0.4) is 0 Å². The fourth-order valence-electron chi connectivity index (χ4n) is 2.06. The summed E-state index contributed by atoms with van der Waals surface area (Å²) >= 11 is 0. The van der Waals surface area contributed by atoms with Gasteiger partial charge in [-0.25, -0.2) is 0 Å². The Labute approximate surface area is 117 Å². The predicted molar refractivity (Wildman–Crippen MR) is 80.1 cm³/mol. The maximum Gasteiger partial charge on any atom is 0.243 e. The van der Waals surface area contributed by atoms with Crippen LogP contribution >= 0.6 is 0 Å². The van der Waals surface area contributed by atoms with Crippen LogP contribution in [-0.4, -0.2) is 62.0 Å². The normalized spacial score (nSPS) is 18.4. The molecule has 4 heteroatoms. The van der Waals surface area contributed by atoms with Gasteiger partial charge in [0.05, 0.1) is 0 Å². The zero-order valence-corrected chi connectivity index (χ0v) is 12.3. The molecule has 1 N–H and O–H groups in total. The first-order valence-corrected chi connectivity index (χ1v) is 7.20. The molecular formula is C15H27N3O. The summed E-state index contributed by atoms with van der Waals surface area (Å²) in [5.41, 5.74) is 0. The van der Waals surface area contributed by atoms with Crippen molar-refractivity contribution < 1.29 is 4.79 Å². The number of likely N-dealkylation sites (N-methyl/N-ethyl adjacent to an activating group) is 1. The molecule has 1 heterocycles. The van der Waals surface area contributed by atoms with Gasteiger partial charge in [-0.05, 0) is 33.4 Å². The Morgan fingerprint density at radius 3 is 2.58 bits per heavy atom. The number of rotatable bonds is 7. The van der Waals surface area contributed by atoms with Gasteiger partial charge in [0, 0.05) is 38.8 Å². The molecular weight excluding hydrogens is 238 g/mol. The summed E-state index contributed by atoms with van der Waals surface area (Å²) in [6.45, 7) is 8.55. The number of hydrogen-bond acceptors (Lipinski definition) is 3. The minimum absolute atomic E-state index is 0.00213. The second-order valence-electron chi connectivity index (χ2n) is 5.03. The van der Waals surface area contributed by atoms with E-state index in [1.165, 1.54) is 26.2 Å². The Hall–Kier alpha value is -1.13. The first-order chi connectivity index (χ1) is 9.22. The summed E-state index contributed by atoms with van der Waals surface area (Å²) in [6, 6.07) is 0. The monoisotopic (exact) mass is 265 g/mol. The molecule has 0 radical (unpaired) electrons. The molecule has 108 valence electrons. The molecule has 1 saturated heterocycles. The van der Waals surface area contributed by atoms with Gasteiger partial charge in [0.15, 0.2) is 0 Å².